The molecule has 0 aliphatic heterocycles. The van der Waals surface area contributed by atoms with Gasteiger partial charge in [0.1, 0.15) is 5.75 Å². The Kier molecular flexibility index (Phi) is 14.9. The van der Waals surface area contributed by atoms with Crippen LogP contribution in [0.15, 0.2) is 54.6 Å². The number of carboxylic acids is 1. The van der Waals surface area contributed by atoms with Crippen molar-refractivity contribution in [3.05, 3.63) is 65.7 Å². The first-order valence-electron chi connectivity index (χ1n) is 13.8. The molecule has 0 bridgehead atoms. The molecule has 2 aromatic carbocycles. The van der Waals surface area contributed by atoms with Gasteiger partial charge in [0, 0.05) is 39.4 Å². The third-order valence-corrected chi connectivity index (χ3v) is 6.51. The Hall–Kier alpha value is -4.09. The fourth-order valence-corrected chi connectivity index (χ4v) is 4.38. The average Bonchev–Trinajstić information content (AvgIpc) is 2.94. The first-order chi connectivity index (χ1) is 20.1. The van der Waals surface area contributed by atoms with Crippen LogP contribution in [0.5, 0.6) is 5.75 Å². The van der Waals surface area contributed by atoms with E-state index < -0.39 is 53.8 Å². The summed E-state index contributed by atoms with van der Waals surface area (Å²) < 4.78 is 10.2. The summed E-state index contributed by atoms with van der Waals surface area (Å²) in [7, 11) is 1.54. The lowest BCUT2D eigenvalue weighted by molar-refractivity contribution is -0.141. The molecule has 0 heterocycles. The molecule has 4 N–H and O–H groups in total. The summed E-state index contributed by atoms with van der Waals surface area (Å²) in [5.41, 5.74) is 1.47. The number of carbonyl (C=O) groups excluding carboxylic acids is 4. The van der Waals surface area contributed by atoms with Gasteiger partial charge in [-0.05, 0) is 42.5 Å². The summed E-state index contributed by atoms with van der Waals surface area (Å²) in [6.07, 6.45) is -0.209. The molecule has 42 heavy (non-hydrogen) atoms. The maximum absolute atomic E-state index is 13.5. The van der Waals surface area contributed by atoms with E-state index >= 15 is 0 Å². The first-order valence-corrected chi connectivity index (χ1v) is 13.8. The highest BCUT2D eigenvalue weighted by Crippen LogP contribution is 2.18. The normalized spacial score (nSPS) is 13.0. The Morgan fingerprint density at radius 3 is 2.07 bits per heavy atom. The maximum atomic E-state index is 13.5. The third kappa shape index (κ3) is 13.0. The number of nitrogens with one attached hydrogen (secondary N) is 2. The van der Waals surface area contributed by atoms with Crippen molar-refractivity contribution in [2.45, 2.75) is 57.5 Å². The second kappa shape index (κ2) is 18.4. The van der Waals surface area contributed by atoms with E-state index in [1.54, 1.807) is 43.5 Å². The third-order valence-electron chi connectivity index (χ3n) is 6.51. The lowest BCUT2D eigenvalue weighted by atomic mass is 9.89. The molecule has 0 spiro atoms. The standard InChI is InChI=1S/C31H40N2O9/c1-21(34)32-26(18-23-10-12-25(35)13-11-23)29(37)19-24(17-22-7-4-3-5-8-22)31(40)33-27(20-30(38)39)28(36)9-6-14-42-16-15-41-2/h3-5,7-8,10-13,24,26-27,35H,6,9,14-20H2,1-2H3,(H,32,34)(H,33,40)(H,38,39)/t24-,26-,27-/m0/s1. The van der Waals surface area contributed by atoms with Crippen molar-refractivity contribution in [1.82, 2.24) is 10.6 Å². The first kappa shape index (κ1) is 34.1. The van der Waals surface area contributed by atoms with E-state index in [1.807, 2.05) is 6.07 Å². The number of carboxylic acid groups (broad SMARTS) is 1. The van der Waals surface area contributed by atoms with Crippen molar-refractivity contribution >= 4 is 29.4 Å². The number of ketones is 2. The highest BCUT2D eigenvalue weighted by Gasteiger charge is 2.31. The zero-order valence-corrected chi connectivity index (χ0v) is 24.0. The second-order valence-corrected chi connectivity index (χ2v) is 10.0. The molecule has 0 radical (unpaired) electrons. The number of rotatable bonds is 20. The number of amides is 2. The molecule has 11 heteroatoms. The molecular weight excluding hydrogens is 544 g/mol. The van der Waals surface area contributed by atoms with Crippen molar-refractivity contribution in [2.75, 3.05) is 26.9 Å². The minimum Gasteiger partial charge on any atom is -0.508 e. The lowest BCUT2D eigenvalue weighted by Gasteiger charge is -2.23. The molecule has 0 aliphatic rings. The molecule has 228 valence electrons. The van der Waals surface area contributed by atoms with Crippen LogP contribution in [0.4, 0.5) is 0 Å². The van der Waals surface area contributed by atoms with Crippen LogP contribution < -0.4 is 10.6 Å². The molecule has 0 saturated heterocycles. The molecule has 11 nitrogen and oxygen atoms in total. The Bertz CT molecular complexity index is 1170. The van der Waals surface area contributed by atoms with Gasteiger partial charge >= 0.3 is 5.97 Å². The van der Waals surface area contributed by atoms with Crippen LogP contribution in [-0.2, 0) is 46.3 Å². The summed E-state index contributed by atoms with van der Waals surface area (Å²) in [5, 5.41) is 24.2. The zero-order chi connectivity index (χ0) is 30.9. The highest BCUT2D eigenvalue weighted by atomic mass is 16.5. The van der Waals surface area contributed by atoms with Gasteiger partial charge in [0.15, 0.2) is 11.6 Å². The van der Waals surface area contributed by atoms with E-state index in [-0.39, 0.29) is 38.0 Å². The SMILES string of the molecule is COCCOCCCC(=O)[C@H](CC(=O)O)NC(=O)[C@H](CC(=O)[C@H](Cc1ccc(O)cc1)NC(C)=O)Cc1ccccc1. The highest BCUT2D eigenvalue weighted by molar-refractivity contribution is 5.95. The number of methoxy groups -OCH3 is 1. The largest absolute Gasteiger partial charge is 0.508 e. The molecule has 2 aromatic rings. The molecule has 0 aromatic heterocycles. The summed E-state index contributed by atoms with van der Waals surface area (Å²) in [4.78, 5) is 63.3. The predicted octanol–water partition coefficient (Wildman–Crippen LogP) is 2.23. The van der Waals surface area contributed by atoms with Crippen LogP contribution >= 0.6 is 0 Å². The number of hydrogen-bond acceptors (Lipinski definition) is 8. The van der Waals surface area contributed by atoms with E-state index in [2.05, 4.69) is 10.6 Å². The molecule has 3 atom stereocenters. The number of phenolic OH excluding ortho intramolecular Hbond substituents is 1. The number of hydrogen-bond donors (Lipinski definition) is 4. The van der Waals surface area contributed by atoms with Crippen molar-refractivity contribution < 1.29 is 43.7 Å². The predicted molar refractivity (Wildman–Crippen MR) is 154 cm³/mol. The molecular formula is C31H40N2O9. The molecule has 0 aliphatic carbocycles. The van der Waals surface area contributed by atoms with Gasteiger partial charge in [-0.3, -0.25) is 24.0 Å². The summed E-state index contributed by atoms with van der Waals surface area (Å²) in [6, 6.07) is 13.0. The number of benzene rings is 2. The lowest BCUT2D eigenvalue weighted by Crippen LogP contribution is -2.47. The van der Waals surface area contributed by atoms with Gasteiger partial charge in [-0.1, -0.05) is 42.5 Å². The number of aromatic hydroxyl groups is 1. The van der Waals surface area contributed by atoms with Crippen LogP contribution in [0.2, 0.25) is 0 Å². The van der Waals surface area contributed by atoms with Crippen LogP contribution in [0.3, 0.4) is 0 Å². The van der Waals surface area contributed by atoms with Crippen molar-refractivity contribution in [3.63, 3.8) is 0 Å². The van der Waals surface area contributed by atoms with Gasteiger partial charge in [-0.15, -0.1) is 0 Å². The van der Waals surface area contributed by atoms with Gasteiger partial charge in [0.05, 0.1) is 31.7 Å². The van der Waals surface area contributed by atoms with Crippen LogP contribution in [-0.4, -0.2) is 78.6 Å². The number of carbonyl (C=O) groups is 5. The van der Waals surface area contributed by atoms with Gasteiger partial charge in [-0.25, -0.2) is 0 Å². The molecule has 0 saturated carbocycles. The smallest absolute Gasteiger partial charge is 0.305 e. The minimum absolute atomic E-state index is 0.00469. The Morgan fingerprint density at radius 1 is 0.786 bits per heavy atom. The molecule has 0 fully saturated rings. The second-order valence-electron chi connectivity index (χ2n) is 10.0. The number of phenols is 1. The Labute approximate surface area is 245 Å². The maximum Gasteiger partial charge on any atom is 0.305 e. The number of ether oxygens (including phenoxy) is 2. The topological polar surface area (TPSA) is 168 Å². The summed E-state index contributed by atoms with van der Waals surface area (Å²) in [6.45, 7) is 2.34. The minimum atomic E-state index is -1.27. The van der Waals surface area contributed by atoms with Gasteiger partial charge < -0.3 is 30.3 Å². The number of aliphatic carboxylic acids is 1. The van der Waals surface area contributed by atoms with Crippen molar-refractivity contribution in [3.8, 4) is 5.75 Å². The number of Topliss-reactive ketones (excluding diaryl/α,β-unsaturated/α-hetero) is 2. The monoisotopic (exact) mass is 584 g/mol. The van der Waals surface area contributed by atoms with Crippen molar-refractivity contribution in [1.29, 1.82) is 0 Å². The van der Waals surface area contributed by atoms with Crippen LogP contribution in [0.1, 0.15) is 43.7 Å². The van der Waals surface area contributed by atoms with Crippen LogP contribution in [0, 0.1) is 5.92 Å². The Balaban J connectivity index is 2.19. The van der Waals surface area contributed by atoms with E-state index in [9.17, 15) is 34.2 Å². The van der Waals surface area contributed by atoms with E-state index in [1.165, 1.54) is 19.1 Å². The fourth-order valence-electron chi connectivity index (χ4n) is 4.38. The van der Waals surface area contributed by atoms with Gasteiger partial charge in [0.25, 0.3) is 0 Å². The average molecular weight is 585 g/mol. The molecule has 0 unspecified atom stereocenters. The molecule has 2 rings (SSSR count). The fraction of sp³-hybridized carbons (Fsp3) is 0.452. The van der Waals surface area contributed by atoms with Crippen molar-refractivity contribution in [2.24, 2.45) is 5.92 Å². The van der Waals surface area contributed by atoms with Gasteiger partial charge in [0.2, 0.25) is 11.8 Å². The van der Waals surface area contributed by atoms with Gasteiger partial charge in [-0.2, -0.15) is 0 Å². The Morgan fingerprint density at radius 2 is 1.45 bits per heavy atom. The summed E-state index contributed by atoms with van der Waals surface area (Å²) in [5.74, 6) is -4.02. The summed E-state index contributed by atoms with van der Waals surface area (Å²) >= 11 is 0. The van der Waals surface area contributed by atoms with E-state index in [0.717, 1.165) is 5.56 Å². The van der Waals surface area contributed by atoms with E-state index in [0.29, 0.717) is 25.2 Å². The molecule has 2 amide bonds. The van der Waals surface area contributed by atoms with Crippen LogP contribution in [0.25, 0.3) is 0 Å². The quantitative estimate of drug-likeness (QED) is 0.171. The zero-order valence-electron chi connectivity index (χ0n) is 24.0. The van der Waals surface area contributed by atoms with E-state index in [4.69, 9.17) is 9.47 Å².